The molecule has 184 valence electrons. The van der Waals surface area contributed by atoms with Gasteiger partial charge < -0.3 is 37.6 Å². The number of nitrogens with one attached hydrogen (secondary N) is 3. The highest BCUT2D eigenvalue weighted by Gasteiger charge is 2.34. The number of carbonyl (C=O) groups excluding carboxylic acids is 4. The molecule has 0 aliphatic carbocycles. The summed E-state index contributed by atoms with van der Waals surface area (Å²) in [6.45, 7) is 8.29. The Hall–Kier alpha value is -2.73. The fourth-order valence-electron chi connectivity index (χ4n) is 2.88. The van der Waals surface area contributed by atoms with E-state index in [1.807, 2.05) is 0 Å². The zero-order valence-electron chi connectivity index (χ0n) is 19.3. The van der Waals surface area contributed by atoms with Crippen molar-refractivity contribution in [1.82, 2.24) is 16.0 Å². The first-order valence-corrected chi connectivity index (χ1v) is 10.6. The van der Waals surface area contributed by atoms with Gasteiger partial charge in [-0.3, -0.25) is 19.2 Å². The van der Waals surface area contributed by atoms with Crippen molar-refractivity contribution in [3.8, 4) is 0 Å². The molecule has 32 heavy (non-hydrogen) atoms. The Kier molecular flexibility index (Phi) is 12.5. The van der Waals surface area contributed by atoms with Crippen LogP contribution < -0.4 is 27.4 Å². The topological polar surface area (TPSA) is 214 Å². The minimum Gasteiger partial charge on any atom is -0.480 e. The van der Waals surface area contributed by atoms with Gasteiger partial charge in [0.1, 0.15) is 18.1 Å². The number of carboxylic acids is 1. The molecule has 0 aliphatic rings. The minimum atomic E-state index is -1.46. The van der Waals surface area contributed by atoms with Crippen molar-refractivity contribution in [2.45, 2.75) is 84.2 Å². The van der Waals surface area contributed by atoms with E-state index < -0.39 is 66.3 Å². The third-order valence-electron chi connectivity index (χ3n) is 4.94. The van der Waals surface area contributed by atoms with Crippen LogP contribution in [0, 0.1) is 11.8 Å². The molecule has 12 heteroatoms. The molecule has 0 bridgehead atoms. The van der Waals surface area contributed by atoms with Gasteiger partial charge >= 0.3 is 5.97 Å². The van der Waals surface area contributed by atoms with E-state index in [1.54, 1.807) is 27.7 Å². The molecular formula is C20H37N5O7. The van der Waals surface area contributed by atoms with Crippen LogP contribution in [0.2, 0.25) is 0 Å². The highest BCUT2D eigenvalue weighted by atomic mass is 16.4. The number of nitrogens with two attached hydrogens (primary N) is 2. The zero-order valence-corrected chi connectivity index (χ0v) is 19.3. The number of carbonyl (C=O) groups is 5. The van der Waals surface area contributed by atoms with E-state index in [1.165, 1.54) is 6.92 Å². The van der Waals surface area contributed by atoms with Gasteiger partial charge in [-0.25, -0.2) is 4.79 Å². The summed E-state index contributed by atoms with van der Waals surface area (Å²) < 4.78 is 0. The summed E-state index contributed by atoms with van der Waals surface area (Å²) in [6.07, 6.45) is -1.10. The Morgan fingerprint density at radius 1 is 0.875 bits per heavy atom. The third kappa shape index (κ3) is 10.1. The number of carboxylic acid groups (broad SMARTS) is 1. The van der Waals surface area contributed by atoms with E-state index in [2.05, 4.69) is 16.0 Å². The molecule has 0 aromatic heterocycles. The third-order valence-corrected chi connectivity index (χ3v) is 4.94. The maximum Gasteiger partial charge on any atom is 0.326 e. The van der Waals surface area contributed by atoms with Gasteiger partial charge in [0.05, 0.1) is 18.6 Å². The Morgan fingerprint density at radius 2 is 1.41 bits per heavy atom. The molecule has 9 N–H and O–H groups in total. The van der Waals surface area contributed by atoms with Gasteiger partial charge in [0.15, 0.2) is 0 Å². The summed E-state index contributed by atoms with van der Waals surface area (Å²) in [7, 11) is 0. The van der Waals surface area contributed by atoms with Crippen LogP contribution in [-0.4, -0.2) is 70.1 Å². The average Bonchev–Trinajstić information content (AvgIpc) is 2.67. The average molecular weight is 460 g/mol. The molecule has 0 aromatic carbocycles. The SMILES string of the molecule is CCC(C)C(NC(=O)C(NC(=O)C(CC(C)C)NC(=O)C(N)CC(N)=O)C(C)O)C(=O)O. The second-order valence-electron chi connectivity index (χ2n) is 8.40. The zero-order chi connectivity index (χ0) is 25.2. The summed E-state index contributed by atoms with van der Waals surface area (Å²) in [5.74, 6) is -4.86. The molecule has 0 aromatic rings. The van der Waals surface area contributed by atoms with Crippen LogP contribution in [0.3, 0.4) is 0 Å². The van der Waals surface area contributed by atoms with Crippen molar-refractivity contribution < 1.29 is 34.2 Å². The first-order chi connectivity index (χ1) is 14.7. The molecule has 0 radical (unpaired) electrons. The van der Waals surface area contributed by atoms with Crippen molar-refractivity contribution in [1.29, 1.82) is 0 Å². The highest BCUT2D eigenvalue weighted by Crippen LogP contribution is 2.10. The number of aliphatic hydroxyl groups is 1. The second-order valence-corrected chi connectivity index (χ2v) is 8.40. The molecule has 4 amide bonds. The molecule has 0 rings (SSSR count). The Balaban J connectivity index is 5.48. The summed E-state index contributed by atoms with van der Waals surface area (Å²) in [5, 5.41) is 26.5. The number of aliphatic carboxylic acids is 1. The second kappa shape index (κ2) is 13.6. The van der Waals surface area contributed by atoms with Crippen molar-refractivity contribution in [2.75, 3.05) is 0 Å². The van der Waals surface area contributed by atoms with Crippen LogP contribution >= 0.6 is 0 Å². The lowest BCUT2D eigenvalue weighted by Crippen LogP contribution is -2.60. The molecule has 12 nitrogen and oxygen atoms in total. The molecule has 6 atom stereocenters. The Bertz CT molecular complexity index is 683. The molecule has 0 aliphatic heterocycles. The quantitative estimate of drug-likeness (QED) is 0.157. The van der Waals surface area contributed by atoms with E-state index in [0.29, 0.717) is 6.42 Å². The molecule has 0 spiro atoms. The Morgan fingerprint density at radius 3 is 1.81 bits per heavy atom. The predicted octanol–water partition coefficient (Wildman–Crippen LogP) is -1.80. The number of aliphatic hydroxyl groups excluding tert-OH is 1. The number of primary amides is 1. The molecule has 0 fully saturated rings. The van der Waals surface area contributed by atoms with Crippen molar-refractivity contribution in [2.24, 2.45) is 23.3 Å². The predicted molar refractivity (Wildman–Crippen MR) is 116 cm³/mol. The van der Waals surface area contributed by atoms with Crippen LogP contribution in [0.15, 0.2) is 0 Å². The largest absolute Gasteiger partial charge is 0.480 e. The summed E-state index contributed by atoms with van der Waals surface area (Å²) in [6, 6.07) is -5.03. The van der Waals surface area contributed by atoms with Crippen molar-refractivity contribution in [3.63, 3.8) is 0 Å². The molecule has 0 saturated heterocycles. The van der Waals surface area contributed by atoms with E-state index >= 15 is 0 Å². The lowest BCUT2D eigenvalue weighted by Gasteiger charge is -2.28. The van der Waals surface area contributed by atoms with Crippen LogP contribution in [0.5, 0.6) is 0 Å². The molecular weight excluding hydrogens is 422 g/mol. The maximum atomic E-state index is 12.8. The first-order valence-electron chi connectivity index (χ1n) is 10.6. The minimum absolute atomic E-state index is 0.0426. The standard InChI is InChI=1S/C20H37N5O7/c1-6-10(4)15(20(31)32)24-19(30)16(11(5)26)25-18(29)13(7-9(2)3)23-17(28)12(21)8-14(22)27/h9-13,15-16,26H,6-8,21H2,1-5H3,(H2,22,27)(H,23,28)(H,24,30)(H,25,29)(H,31,32). The van der Waals surface area contributed by atoms with E-state index in [-0.39, 0.29) is 18.3 Å². The van der Waals surface area contributed by atoms with Gasteiger partial charge in [0.2, 0.25) is 23.6 Å². The number of rotatable bonds is 14. The van der Waals surface area contributed by atoms with Crippen LogP contribution in [0.1, 0.15) is 53.9 Å². The normalized spacial score (nSPS) is 16.8. The van der Waals surface area contributed by atoms with Gasteiger partial charge in [0, 0.05) is 0 Å². The summed E-state index contributed by atoms with van der Waals surface area (Å²) in [5.41, 5.74) is 10.7. The van der Waals surface area contributed by atoms with Crippen molar-refractivity contribution >= 4 is 29.6 Å². The van der Waals surface area contributed by atoms with E-state index in [4.69, 9.17) is 11.5 Å². The highest BCUT2D eigenvalue weighted by molar-refractivity contribution is 5.95. The number of hydrogen-bond donors (Lipinski definition) is 7. The van der Waals surface area contributed by atoms with Gasteiger partial charge in [0.25, 0.3) is 0 Å². The van der Waals surface area contributed by atoms with Crippen LogP contribution in [0.4, 0.5) is 0 Å². The van der Waals surface area contributed by atoms with E-state index in [9.17, 15) is 34.2 Å². The number of hydrogen-bond acceptors (Lipinski definition) is 7. The number of amides is 4. The van der Waals surface area contributed by atoms with Crippen LogP contribution in [-0.2, 0) is 24.0 Å². The Labute approximate surface area is 187 Å². The van der Waals surface area contributed by atoms with Gasteiger partial charge in [-0.1, -0.05) is 34.1 Å². The lowest BCUT2D eigenvalue weighted by molar-refractivity contribution is -0.144. The lowest BCUT2D eigenvalue weighted by atomic mass is 9.98. The molecule has 0 heterocycles. The van der Waals surface area contributed by atoms with E-state index in [0.717, 1.165) is 0 Å². The van der Waals surface area contributed by atoms with Crippen molar-refractivity contribution in [3.05, 3.63) is 0 Å². The molecule has 0 saturated carbocycles. The van der Waals surface area contributed by atoms with Crippen LogP contribution in [0.25, 0.3) is 0 Å². The van der Waals surface area contributed by atoms with Gasteiger partial charge in [-0.2, -0.15) is 0 Å². The summed E-state index contributed by atoms with van der Waals surface area (Å²) >= 11 is 0. The monoisotopic (exact) mass is 459 g/mol. The maximum absolute atomic E-state index is 12.8. The smallest absolute Gasteiger partial charge is 0.326 e. The summed E-state index contributed by atoms with van der Waals surface area (Å²) in [4.78, 5) is 60.2. The van der Waals surface area contributed by atoms with Gasteiger partial charge in [-0.15, -0.1) is 0 Å². The fraction of sp³-hybridized carbons (Fsp3) is 0.750. The fourth-order valence-corrected chi connectivity index (χ4v) is 2.88. The molecule has 6 unspecified atom stereocenters. The van der Waals surface area contributed by atoms with Gasteiger partial charge in [-0.05, 0) is 25.2 Å². The first kappa shape index (κ1) is 29.3.